The van der Waals surface area contributed by atoms with Crippen molar-refractivity contribution in [3.05, 3.63) is 28.0 Å². The van der Waals surface area contributed by atoms with E-state index in [1.54, 1.807) is 0 Å². The molecule has 0 aliphatic carbocycles. The van der Waals surface area contributed by atoms with E-state index in [2.05, 4.69) is 4.98 Å². The minimum Gasteiger partial charge on any atom is -0.298 e. The zero-order valence-electron chi connectivity index (χ0n) is 7.36. The highest BCUT2D eigenvalue weighted by Crippen LogP contribution is 2.36. The van der Waals surface area contributed by atoms with Gasteiger partial charge in [-0.05, 0) is 0 Å². The van der Waals surface area contributed by atoms with E-state index >= 15 is 0 Å². The summed E-state index contributed by atoms with van der Waals surface area (Å²) in [6.07, 6.45) is -8.07. The third-order valence-corrected chi connectivity index (χ3v) is 2.11. The molecule has 0 saturated carbocycles. The van der Waals surface area contributed by atoms with E-state index in [-0.39, 0.29) is 12.5 Å². The van der Waals surface area contributed by atoms with Gasteiger partial charge in [-0.25, -0.2) is 8.78 Å². The van der Waals surface area contributed by atoms with E-state index in [1.165, 1.54) is 0 Å². The van der Waals surface area contributed by atoms with Gasteiger partial charge < -0.3 is 0 Å². The largest absolute Gasteiger partial charge is 0.418 e. The lowest BCUT2D eigenvalue weighted by Gasteiger charge is -2.11. The Morgan fingerprint density at radius 1 is 1.38 bits per heavy atom. The Labute approximate surface area is 91.0 Å². The summed E-state index contributed by atoms with van der Waals surface area (Å²) in [7, 11) is 0. The molecule has 0 atom stereocenters. The number of rotatable bonds is 2. The Morgan fingerprint density at radius 2 is 1.94 bits per heavy atom. The Hall–Kier alpha value is -1.24. The second kappa shape index (κ2) is 4.32. The normalized spacial score (nSPS) is 11.9. The average Bonchev–Trinajstić information content (AvgIpc) is 2.15. The van der Waals surface area contributed by atoms with Crippen LogP contribution in [-0.2, 0) is 6.18 Å². The molecule has 0 radical (unpaired) electrons. The molecule has 1 aromatic rings. The topological polar surface area (TPSA) is 30.0 Å². The molecule has 2 nitrogen and oxygen atoms in total. The van der Waals surface area contributed by atoms with E-state index in [0.29, 0.717) is 0 Å². The molecule has 1 rings (SSSR count). The van der Waals surface area contributed by atoms with Gasteiger partial charge in [-0.1, -0.05) is 11.6 Å². The molecule has 0 N–H and O–H groups in total. The predicted molar refractivity (Wildman–Crippen MR) is 44.6 cm³/mol. The van der Waals surface area contributed by atoms with Crippen molar-refractivity contribution < 1.29 is 26.7 Å². The maximum atomic E-state index is 12.3. The lowest BCUT2D eigenvalue weighted by atomic mass is 10.1. The van der Waals surface area contributed by atoms with Crippen LogP contribution in [0.5, 0.6) is 0 Å². The number of aromatic nitrogens is 1. The second-order valence-electron chi connectivity index (χ2n) is 2.70. The van der Waals surface area contributed by atoms with Crippen molar-refractivity contribution in [3.8, 4) is 0 Å². The first-order valence-electron chi connectivity index (χ1n) is 3.78. The lowest BCUT2D eigenvalue weighted by molar-refractivity contribution is -0.138. The molecule has 1 heterocycles. The Kier molecular flexibility index (Phi) is 3.47. The first-order chi connectivity index (χ1) is 7.29. The van der Waals surface area contributed by atoms with E-state index in [9.17, 15) is 26.7 Å². The molecule has 0 fully saturated rings. The number of hydrogen-bond donors (Lipinski definition) is 0. The highest BCUT2D eigenvalue weighted by atomic mass is 35.5. The first-order valence-corrected chi connectivity index (χ1v) is 4.15. The Balaban J connectivity index is 3.47. The van der Waals surface area contributed by atoms with Gasteiger partial charge in [0.1, 0.15) is 5.69 Å². The number of aldehydes is 1. The number of hydrogen-bond acceptors (Lipinski definition) is 2. The molecule has 1 aromatic heterocycles. The molecular weight excluding hydrogens is 257 g/mol. The third kappa shape index (κ3) is 2.29. The molecule has 0 bridgehead atoms. The standard InChI is InChI=1S/C8H3ClF5NO/c9-5-3(2-16)4(8(12,13)14)1-15-6(5)7(10)11/h1-2,7H. The van der Waals surface area contributed by atoms with Crippen LogP contribution in [0.15, 0.2) is 6.20 Å². The molecule has 0 aliphatic rings. The summed E-state index contributed by atoms with van der Waals surface area (Å²) in [6.45, 7) is 0. The van der Waals surface area contributed by atoms with Crippen LogP contribution in [0.1, 0.15) is 28.0 Å². The van der Waals surface area contributed by atoms with Crippen LogP contribution in [0.3, 0.4) is 0 Å². The smallest absolute Gasteiger partial charge is 0.298 e. The van der Waals surface area contributed by atoms with Gasteiger partial charge >= 0.3 is 6.18 Å². The number of carbonyl (C=O) groups is 1. The zero-order valence-corrected chi connectivity index (χ0v) is 8.11. The summed E-state index contributed by atoms with van der Waals surface area (Å²) in [6, 6.07) is 0. The molecule has 0 amide bonds. The summed E-state index contributed by atoms with van der Waals surface area (Å²) >= 11 is 5.24. The Morgan fingerprint density at radius 3 is 2.31 bits per heavy atom. The van der Waals surface area contributed by atoms with Crippen LogP contribution in [0, 0.1) is 0 Å². The highest BCUT2D eigenvalue weighted by molar-refractivity contribution is 6.33. The summed E-state index contributed by atoms with van der Waals surface area (Å²) in [5, 5.41) is -0.972. The van der Waals surface area contributed by atoms with E-state index in [0.717, 1.165) is 0 Å². The minimum absolute atomic E-state index is 0.164. The SMILES string of the molecule is O=Cc1c(C(F)(F)F)cnc(C(F)F)c1Cl. The molecule has 8 heteroatoms. The van der Waals surface area contributed by atoms with E-state index < -0.39 is 34.4 Å². The third-order valence-electron chi connectivity index (χ3n) is 1.71. The van der Waals surface area contributed by atoms with Gasteiger partial charge in [0, 0.05) is 11.8 Å². The molecule has 0 aliphatic heterocycles. The van der Waals surface area contributed by atoms with Crippen LogP contribution in [0.2, 0.25) is 5.02 Å². The highest BCUT2D eigenvalue weighted by Gasteiger charge is 2.36. The van der Waals surface area contributed by atoms with Gasteiger partial charge in [-0.2, -0.15) is 13.2 Å². The minimum atomic E-state index is -4.87. The average molecular weight is 260 g/mol. The first kappa shape index (κ1) is 12.8. The van der Waals surface area contributed by atoms with Crippen LogP contribution >= 0.6 is 11.6 Å². The number of carbonyl (C=O) groups excluding carboxylic acids is 1. The summed E-state index contributed by atoms with van der Waals surface area (Å²) in [4.78, 5) is 13.3. The summed E-state index contributed by atoms with van der Waals surface area (Å²) in [5.74, 6) is 0. The van der Waals surface area contributed by atoms with Crippen LogP contribution in [0.25, 0.3) is 0 Å². The van der Waals surface area contributed by atoms with Crippen LogP contribution < -0.4 is 0 Å². The number of alkyl halides is 5. The van der Waals surface area contributed by atoms with Gasteiger partial charge in [-0.3, -0.25) is 9.78 Å². The molecular formula is C8H3ClF5NO. The Bertz CT molecular complexity index is 418. The molecule has 0 spiro atoms. The second-order valence-corrected chi connectivity index (χ2v) is 3.08. The zero-order chi connectivity index (χ0) is 12.5. The number of nitrogens with zero attached hydrogens (tertiary/aromatic N) is 1. The fourth-order valence-corrected chi connectivity index (χ4v) is 1.29. The fourth-order valence-electron chi connectivity index (χ4n) is 1.01. The van der Waals surface area contributed by atoms with Crippen molar-refractivity contribution in [2.45, 2.75) is 12.6 Å². The van der Waals surface area contributed by atoms with Crippen molar-refractivity contribution in [1.29, 1.82) is 0 Å². The molecule has 16 heavy (non-hydrogen) atoms. The number of pyridine rings is 1. The van der Waals surface area contributed by atoms with Gasteiger partial charge in [0.25, 0.3) is 6.43 Å². The molecule has 0 unspecified atom stereocenters. The van der Waals surface area contributed by atoms with Crippen molar-refractivity contribution >= 4 is 17.9 Å². The van der Waals surface area contributed by atoms with Gasteiger partial charge in [-0.15, -0.1) is 0 Å². The van der Waals surface area contributed by atoms with Crippen molar-refractivity contribution in [1.82, 2.24) is 4.98 Å². The summed E-state index contributed by atoms with van der Waals surface area (Å²) in [5.41, 5.74) is -3.51. The van der Waals surface area contributed by atoms with Gasteiger partial charge in [0.05, 0.1) is 10.6 Å². The van der Waals surface area contributed by atoms with E-state index in [1.807, 2.05) is 0 Å². The van der Waals surface area contributed by atoms with Crippen molar-refractivity contribution in [2.75, 3.05) is 0 Å². The van der Waals surface area contributed by atoms with Crippen LogP contribution in [-0.4, -0.2) is 11.3 Å². The maximum absolute atomic E-state index is 12.3. The maximum Gasteiger partial charge on any atom is 0.418 e. The monoisotopic (exact) mass is 259 g/mol. The lowest BCUT2D eigenvalue weighted by Crippen LogP contribution is -2.11. The van der Waals surface area contributed by atoms with Gasteiger partial charge in [0.2, 0.25) is 0 Å². The quantitative estimate of drug-likeness (QED) is 0.601. The van der Waals surface area contributed by atoms with Gasteiger partial charge in [0.15, 0.2) is 6.29 Å². The molecule has 0 aromatic carbocycles. The fraction of sp³-hybridized carbons (Fsp3) is 0.250. The molecule has 88 valence electrons. The van der Waals surface area contributed by atoms with Crippen molar-refractivity contribution in [2.24, 2.45) is 0 Å². The van der Waals surface area contributed by atoms with Crippen LogP contribution in [0.4, 0.5) is 22.0 Å². The summed E-state index contributed by atoms with van der Waals surface area (Å²) < 4.78 is 61.4. The van der Waals surface area contributed by atoms with E-state index in [4.69, 9.17) is 11.6 Å². The predicted octanol–water partition coefficient (Wildman–Crippen LogP) is 3.50. The molecule has 0 saturated heterocycles. The van der Waals surface area contributed by atoms with Crippen molar-refractivity contribution in [3.63, 3.8) is 0 Å². The number of halogens is 6.